The van der Waals surface area contributed by atoms with Crippen LogP contribution >= 0.6 is 0 Å². The maximum Gasteiger partial charge on any atom is 0.310 e. The maximum absolute atomic E-state index is 11.6. The Morgan fingerprint density at radius 3 is 2.65 bits per heavy atom. The van der Waals surface area contributed by atoms with Crippen LogP contribution in [0.15, 0.2) is 18.5 Å². The van der Waals surface area contributed by atoms with Gasteiger partial charge in [0, 0.05) is 12.7 Å². The molecule has 0 aromatic carbocycles. The Hall–Kier alpha value is -2.11. The summed E-state index contributed by atoms with van der Waals surface area (Å²) in [6, 6.07) is 1.36. The molecule has 0 saturated carbocycles. The van der Waals surface area contributed by atoms with E-state index in [1.54, 1.807) is 0 Å². The summed E-state index contributed by atoms with van der Waals surface area (Å²) in [5.41, 5.74) is -0.987. The lowest BCUT2D eigenvalue weighted by Gasteiger charge is -2.19. The fraction of sp³-hybridized carbons (Fsp3) is 0.364. The first-order chi connectivity index (χ1) is 7.84. The summed E-state index contributed by atoms with van der Waals surface area (Å²) in [5.74, 6) is -1.77. The molecule has 1 rings (SSSR count). The predicted octanol–water partition coefficient (Wildman–Crippen LogP) is 0.628. The number of carbonyl (C=O) groups excluding carboxylic acids is 1. The minimum Gasteiger partial charge on any atom is -0.505 e. The zero-order chi connectivity index (χ0) is 13.1. The van der Waals surface area contributed by atoms with E-state index in [1.807, 2.05) is 0 Å². The normalized spacial score (nSPS) is 10.9. The van der Waals surface area contributed by atoms with Crippen molar-refractivity contribution >= 4 is 11.9 Å². The van der Waals surface area contributed by atoms with Crippen molar-refractivity contribution < 1.29 is 19.8 Å². The summed E-state index contributed by atoms with van der Waals surface area (Å²) in [6.07, 6.45) is 2.52. The van der Waals surface area contributed by atoms with Crippen molar-refractivity contribution in [2.24, 2.45) is 5.41 Å². The highest BCUT2D eigenvalue weighted by Crippen LogP contribution is 2.16. The first-order valence-electron chi connectivity index (χ1n) is 4.99. The Morgan fingerprint density at radius 2 is 2.12 bits per heavy atom. The van der Waals surface area contributed by atoms with Gasteiger partial charge in [-0.15, -0.1) is 0 Å². The van der Waals surface area contributed by atoms with Crippen LogP contribution in [0.3, 0.4) is 0 Å². The molecule has 0 aliphatic carbocycles. The second kappa shape index (κ2) is 4.82. The van der Waals surface area contributed by atoms with Crippen LogP contribution in [-0.2, 0) is 4.79 Å². The summed E-state index contributed by atoms with van der Waals surface area (Å²) < 4.78 is 0. The number of nitrogens with one attached hydrogen (secondary N) is 1. The maximum atomic E-state index is 11.6. The monoisotopic (exact) mass is 238 g/mol. The molecule has 1 aromatic heterocycles. The van der Waals surface area contributed by atoms with Gasteiger partial charge in [0.2, 0.25) is 0 Å². The van der Waals surface area contributed by atoms with Gasteiger partial charge in [0.25, 0.3) is 5.91 Å². The second-order valence-corrected chi connectivity index (χ2v) is 4.26. The van der Waals surface area contributed by atoms with E-state index in [1.165, 1.54) is 26.1 Å². The van der Waals surface area contributed by atoms with Crippen LogP contribution in [0.1, 0.15) is 24.2 Å². The van der Waals surface area contributed by atoms with E-state index >= 15 is 0 Å². The summed E-state index contributed by atoms with van der Waals surface area (Å²) in [7, 11) is 0. The van der Waals surface area contributed by atoms with Gasteiger partial charge in [0.15, 0.2) is 0 Å². The van der Waals surface area contributed by atoms with Gasteiger partial charge in [-0.2, -0.15) is 0 Å². The van der Waals surface area contributed by atoms with Gasteiger partial charge in [0.05, 0.1) is 17.2 Å². The zero-order valence-corrected chi connectivity index (χ0v) is 9.60. The molecule has 0 spiro atoms. The lowest BCUT2D eigenvalue weighted by molar-refractivity contribution is -0.146. The number of carbonyl (C=O) groups is 2. The van der Waals surface area contributed by atoms with Crippen LogP contribution in [0.5, 0.6) is 5.75 Å². The number of aromatic hydroxyl groups is 1. The molecular formula is C11H14N2O4. The minimum atomic E-state index is -1.06. The Labute approximate surface area is 98.3 Å². The van der Waals surface area contributed by atoms with Gasteiger partial charge >= 0.3 is 5.97 Å². The molecule has 6 nitrogen and oxygen atoms in total. The number of hydrogen-bond acceptors (Lipinski definition) is 4. The average Bonchev–Trinajstić information content (AvgIpc) is 2.26. The van der Waals surface area contributed by atoms with Gasteiger partial charge in [-0.1, -0.05) is 0 Å². The molecule has 0 aliphatic rings. The van der Waals surface area contributed by atoms with Crippen molar-refractivity contribution in [2.45, 2.75) is 13.8 Å². The van der Waals surface area contributed by atoms with E-state index in [-0.39, 0.29) is 17.9 Å². The number of hydrogen-bond donors (Lipinski definition) is 3. The first kappa shape index (κ1) is 13.0. The van der Waals surface area contributed by atoms with Gasteiger partial charge < -0.3 is 15.5 Å². The van der Waals surface area contributed by atoms with Crippen LogP contribution in [0.2, 0.25) is 0 Å². The first-order valence-corrected chi connectivity index (χ1v) is 4.99. The Morgan fingerprint density at radius 1 is 1.47 bits per heavy atom. The summed E-state index contributed by atoms with van der Waals surface area (Å²) >= 11 is 0. The zero-order valence-electron chi connectivity index (χ0n) is 9.60. The van der Waals surface area contributed by atoms with Crippen molar-refractivity contribution in [3.8, 4) is 5.75 Å². The highest BCUT2D eigenvalue weighted by atomic mass is 16.4. The molecular weight excluding hydrogens is 224 g/mol. The number of aliphatic carboxylic acids is 1. The summed E-state index contributed by atoms with van der Waals surface area (Å²) in [5, 5.41) is 20.7. The van der Waals surface area contributed by atoms with Gasteiger partial charge in [-0.3, -0.25) is 14.6 Å². The lowest BCUT2D eigenvalue weighted by atomic mass is 9.94. The second-order valence-electron chi connectivity index (χ2n) is 4.26. The third kappa shape index (κ3) is 3.17. The summed E-state index contributed by atoms with van der Waals surface area (Å²) in [4.78, 5) is 26.1. The van der Waals surface area contributed by atoms with Crippen molar-refractivity contribution in [2.75, 3.05) is 6.54 Å². The Bertz CT molecular complexity index is 443. The fourth-order valence-corrected chi connectivity index (χ4v) is 1.05. The molecule has 6 heteroatoms. The highest BCUT2D eigenvalue weighted by molar-refractivity contribution is 5.96. The molecule has 0 fully saturated rings. The minimum absolute atomic E-state index is 0.0249. The lowest BCUT2D eigenvalue weighted by Crippen LogP contribution is -2.38. The molecule has 17 heavy (non-hydrogen) atoms. The topological polar surface area (TPSA) is 99.5 Å². The van der Waals surface area contributed by atoms with Crippen molar-refractivity contribution in [1.82, 2.24) is 10.3 Å². The molecule has 0 unspecified atom stereocenters. The molecule has 0 saturated heterocycles. The van der Waals surface area contributed by atoms with Crippen molar-refractivity contribution in [3.05, 3.63) is 24.0 Å². The predicted molar refractivity (Wildman–Crippen MR) is 59.7 cm³/mol. The van der Waals surface area contributed by atoms with Crippen molar-refractivity contribution in [3.63, 3.8) is 0 Å². The number of carboxylic acids is 1. The smallest absolute Gasteiger partial charge is 0.310 e. The molecule has 1 aromatic rings. The number of pyridine rings is 1. The largest absolute Gasteiger partial charge is 0.505 e. The molecule has 1 heterocycles. The average molecular weight is 238 g/mol. The molecule has 0 bridgehead atoms. The third-order valence-electron chi connectivity index (χ3n) is 2.31. The number of amides is 1. The number of aromatic nitrogens is 1. The van der Waals surface area contributed by atoms with Crippen LogP contribution in [-0.4, -0.2) is 33.6 Å². The molecule has 0 aliphatic heterocycles. The van der Waals surface area contributed by atoms with E-state index < -0.39 is 17.3 Å². The molecule has 1 amide bonds. The van der Waals surface area contributed by atoms with Gasteiger partial charge in [-0.05, 0) is 19.9 Å². The fourth-order valence-electron chi connectivity index (χ4n) is 1.05. The molecule has 92 valence electrons. The van der Waals surface area contributed by atoms with Crippen LogP contribution in [0.25, 0.3) is 0 Å². The van der Waals surface area contributed by atoms with E-state index in [2.05, 4.69) is 10.3 Å². The van der Waals surface area contributed by atoms with Crippen molar-refractivity contribution in [1.29, 1.82) is 0 Å². The van der Waals surface area contributed by atoms with Gasteiger partial charge in [-0.25, -0.2) is 0 Å². The Balaban J connectivity index is 2.69. The van der Waals surface area contributed by atoms with Crippen LogP contribution < -0.4 is 5.32 Å². The van der Waals surface area contributed by atoms with Crippen LogP contribution in [0.4, 0.5) is 0 Å². The van der Waals surface area contributed by atoms with E-state index in [4.69, 9.17) is 5.11 Å². The van der Waals surface area contributed by atoms with E-state index in [0.717, 1.165) is 6.20 Å². The molecule has 0 radical (unpaired) electrons. The quantitative estimate of drug-likeness (QED) is 0.714. The van der Waals surface area contributed by atoms with E-state index in [9.17, 15) is 14.7 Å². The number of carboxylic acid groups (broad SMARTS) is 1. The molecule has 3 N–H and O–H groups in total. The Kier molecular flexibility index (Phi) is 3.67. The highest BCUT2D eigenvalue weighted by Gasteiger charge is 2.28. The standard InChI is InChI=1S/C11H14N2O4/c1-11(2,10(16)17)6-13-9(15)7-3-4-12-5-8(7)14/h3-5,14H,6H2,1-2H3,(H,13,15)(H,16,17). The van der Waals surface area contributed by atoms with Gasteiger partial charge in [0.1, 0.15) is 5.75 Å². The number of nitrogens with zero attached hydrogens (tertiary/aromatic N) is 1. The number of rotatable bonds is 4. The van der Waals surface area contributed by atoms with E-state index in [0.29, 0.717) is 0 Å². The third-order valence-corrected chi connectivity index (χ3v) is 2.31. The molecule has 0 atom stereocenters. The summed E-state index contributed by atoms with van der Waals surface area (Å²) in [6.45, 7) is 2.98. The SMILES string of the molecule is CC(C)(CNC(=O)c1ccncc1O)C(=O)O. The van der Waals surface area contributed by atoms with Crippen LogP contribution in [0, 0.1) is 5.41 Å².